The molecule has 108 valence electrons. The molecule has 0 amide bonds. The number of rotatable bonds is 4. The minimum Gasteiger partial charge on any atom is -0.380 e. The molecule has 0 saturated carbocycles. The Kier molecular flexibility index (Phi) is 4.91. The largest absolute Gasteiger partial charge is 0.380 e. The van der Waals surface area contributed by atoms with Gasteiger partial charge in [0.1, 0.15) is 11.6 Å². The van der Waals surface area contributed by atoms with Crippen LogP contribution in [0.4, 0.5) is 5.82 Å². The molecule has 0 N–H and O–H groups in total. The number of ether oxygens (including phenoxy) is 1. The molecule has 1 atom stereocenters. The minimum absolute atomic E-state index is 0.216. The molecule has 5 heteroatoms. The summed E-state index contributed by atoms with van der Waals surface area (Å²) in [5, 5.41) is 18.2. The van der Waals surface area contributed by atoms with Gasteiger partial charge in [0.05, 0.1) is 11.8 Å². The summed E-state index contributed by atoms with van der Waals surface area (Å²) in [4.78, 5) is 2.14. The molecule has 5 nitrogen and oxygen atoms in total. The van der Waals surface area contributed by atoms with E-state index in [-0.39, 0.29) is 6.10 Å². The van der Waals surface area contributed by atoms with Gasteiger partial charge in [-0.3, -0.25) is 0 Å². The molecule has 1 fully saturated rings. The van der Waals surface area contributed by atoms with E-state index in [2.05, 4.69) is 28.1 Å². The zero-order valence-corrected chi connectivity index (χ0v) is 12.5. The molecule has 20 heavy (non-hydrogen) atoms. The summed E-state index contributed by atoms with van der Waals surface area (Å²) in [5.74, 6) is 0.725. The number of hydrogen-bond donors (Lipinski definition) is 0. The Hall–Kier alpha value is -1.67. The summed E-state index contributed by atoms with van der Waals surface area (Å²) < 4.78 is 5.45. The second-order valence-electron chi connectivity index (χ2n) is 5.09. The quantitative estimate of drug-likeness (QED) is 0.841. The van der Waals surface area contributed by atoms with Gasteiger partial charge in [-0.2, -0.15) is 10.4 Å². The number of piperidine rings is 1. The van der Waals surface area contributed by atoms with Crippen LogP contribution in [-0.4, -0.2) is 36.5 Å². The van der Waals surface area contributed by atoms with Crippen molar-refractivity contribution in [2.24, 2.45) is 0 Å². The molecule has 0 aliphatic carbocycles. The van der Waals surface area contributed by atoms with Gasteiger partial charge in [0.25, 0.3) is 0 Å². The number of anilines is 1. The fourth-order valence-electron chi connectivity index (χ4n) is 2.82. The lowest BCUT2D eigenvalue weighted by atomic mass is 10.0. The zero-order valence-electron chi connectivity index (χ0n) is 12.5. The Balaban J connectivity index is 2.39. The van der Waals surface area contributed by atoms with Gasteiger partial charge in [-0.1, -0.05) is 13.8 Å². The molecule has 1 aromatic rings. The van der Waals surface area contributed by atoms with E-state index in [9.17, 15) is 5.26 Å². The number of methoxy groups -OCH3 is 1. The van der Waals surface area contributed by atoms with Gasteiger partial charge in [-0.15, -0.1) is 5.10 Å². The highest BCUT2D eigenvalue weighted by Crippen LogP contribution is 2.26. The normalized spacial score (nSPS) is 18.9. The highest BCUT2D eigenvalue weighted by Gasteiger charge is 2.25. The Morgan fingerprint density at radius 1 is 1.35 bits per heavy atom. The van der Waals surface area contributed by atoms with Crippen LogP contribution < -0.4 is 4.90 Å². The number of nitrogens with zero attached hydrogens (tertiary/aromatic N) is 4. The minimum atomic E-state index is 0.216. The maximum Gasteiger partial charge on any atom is 0.169 e. The highest BCUT2D eigenvalue weighted by molar-refractivity contribution is 5.58. The van der Waals surface area contributed by atoms with Gasteiger partial charge in [-0.05, 0) is 31.2 Å². The molecule has 2 heterocycles. The monoisotopic (exact) mass is 274 g/mol. The topological polar surface area (TPSA) is 62.0 Å². The molecule has 2 rings (SSSR count). The molecule has 1 aliphatic heterocycles. The molecule has 1 aromatic heterocycles. The smallest absolute Gasteiger partial charge is 0.169 e. The van der Waals surface area contributed by atoms with E-state index in [1.165, 1.54) is 0 Å². The van der Waals surface area contributed by atoms with Crippen molar-refractivity contribution in [2.45, 2.75) is 45.6 Å². The van der Waals surface area contributed by atoms with Crippen LogP contribution >= 0.6 is 0 Å². The van der Waals surface area contributed by atoms with Crippen molar-refractivity contribution in [3.63, 3.8) is 0 Å². The van der Waals surface area contributed by atoms with Gasteiger partial charge in [0, 0.05) is 20.2 Å². The number of hydrogen-bond acceptors (Lipinski definition) is 5. The van der Waals surface area contributed by atoms with Gasteiger partial charge in [-0.25, -0.2) is 0 Å². The van der Waals surface area contributed by atoms with Crippen LogP contribution in [0.2, 0.25) is 0 Å². The first kappa shape index (κ1) is 14.7. The summed E-state index contributed by atoms with van der Waals surface area (Å²) in [6.45, 7) is 5.81. The van der Waals surface area contributed by atoms with E-state index in [0.29, 0.717) is 5.56 Å². The van der Waals surface area contributed by atoms with E-state index >= 15 is 0 Å². The third-order valence-corrected chi connectivity index (χ3v) is 3.95. The molecular weight excluding hydrogens is 252 g/mol. The van der Waals surface area contributed by atoms with Crippen molar-refractivity contribution < 1.29 is 4.74 Å². The molecule has 0 spiro atoms. The van der Waals surface area contributed by atoms with Crippen molar-refractivity contribution in [1.29, 1.82) is 5.26 Å². The lowest BCUT2D eigenvalue weighted by molar-refractivity contribution is 0.0891. The predicted molar refractivity (Wildman–Crippen MR) is 77.7 cm³/mol. The summed E-state index contributed by atoms with van der Waals surface area (Å²) in [5.41, 5.74) is 2.67. The fraction of sp³-hybridized carbons (Fsp3) is 0.667. The number of nitriles is 1. The van der Waals surface area contributed by atoms with Crippen molar-refractivity contribution in [1.82, 2.24) is 10.2 Å². The predicted octanol–water partition coefficient (Wildman–Crippen LogP) is 2.09. The lowest BCUT2D eigenvalue weighted by Crippen LogP contribution is -2.40. The second kappa shape index (κ2) is 6.67. The molecule has 1 aliphatic rings. The molecular formula is C15H22N4O. The van der Waals surface area contributed by atoms with Crippen molar-refractivity contribution >= 4 is 5.82 Å². The number of aryl methyl sites for hydroxylation is 1. The summed E-state index contributed by atoms with van der Waals surface area (Å²) in [6, 6.07) is 2.33. The summed E-state index contributed by atoms with van der Waals surface area (Å²) >= 11 is 0. The van der Waals surface area contributed by atoms with Crippen LogP contribution in [0.15, 0.2) is 0 Å². The molecule has 0 radical (unpaired) electrons. The molecule has 1 unspecified atom stereocenters. The van der Waals surface area contributed by atoms with E-state index in [1.807, 2.05) is 6.92 Å². The SMILES string of the molecule is CCc1nnc(N2CCCC(OC)C2)c(C#N)c1CC. The average molecular weight is 274 g/mol. The summed E-state index contributed by atoms with van der Waals surface area (Å²) in [6.07, 6.45) is 3.97. The first-order valence-electron chi connectivity index (χ1n) is 7.31. The van der Waals surface area contributed by atoms with Crippen molar-refractivity contribution in [3.8, 4) is 6.07 Å². The van der Waals surface area contributed by atoms with Crippen LogP contribution in [-0.2, 0) is 17.6 Å². The van der Waals surface area contributed by atoms with E-state index in [4.69, 9.17) is 4.74 Å². The third kappa shape index (κ3) is 2.75. The lowest BCUT2D eigenvalue weighted by Gasteiger charge is -2.33. The van der Waals surface area contributed by atoms with Gasteiger partial charge >= 0.3 is 0 Å². The van der Waals surface area contributed by atoms with Gasteiger partial charge < -0.3 is 9.64 Å². The second-order valence-corrected chi connectivity index (χ2v) is 5.09. The Bertz CT molecular complexity index is 509. The Morgan fingerprint density at radius 3 is 2.75 bits per heavy atom. The average Bonchev–Trinajstić information content (AvgIpc) is 2.53. The van der Waals surface area contributed by atoms with Gasteiger partial charge in [0.2, 0.25) is 0 Å². The fourth-order valence-corrected chi connectivity index (χ4v) is 2.82. The maximum absolute atomic E-state index is 9.53. The molecule has 0 aromatic carbocycles. The van der Waals surface area contributed by atoms with E-state index < -0.39 is 0 Å². The van der Waals surface area contributed by atoms with Crippen LogP contribution in [0, 0.1) is 11.3 Å². The molecule has 0 bridgehead atoms. The van der Waals surface area contributed by atoms with Crippen molar-refractivity contribution in [2.75, 3.05) is 25.1 Å². The third-order valence-electron chi connectivity index (χ3n) is 3.95. The van der Waals surface area contributed by atoms with Gasteiger partial charge in [0.15, 0.2) is 5.82 Å². The summed E-state index contributed by atoms with van der Waals surface area (Å²) in [7, 11) is 1.74. The Labute approximate surface area is 120 Å². The van der Waals surface area contributed by atoms with Crippen molar-refractivity contribution in [3.05, 3.63) is 16.8 Å². The zero-order chi connectivity index (χ0) is 14.5. The maximum atomic E-state index is 9.53. The Morgan fingerprint density at radius 2 is 2.15 bits per heavy atom. The van der Waals surface area contributed by atoms with Crippen LogP contribution in [0.3, 0.4) is 0 Å². The molecule has 1 saturated heterocycles. The number of aromatic nitrogens is 2. The van der Waals surface area contributed by atoms with Crippen LogP contribution in [0.25, 0.3) is 0 Å². The first-order chi connectivity index (χ1) is 9.74. The van der Waals surface area contributed by atoms with Crippen LogP contribution in [0.1, 0.15) is 43.5 Å². The van der Waals surface area contributed by atoms with E-state index in [1.54, 1.807) is 7.11 Å². The first-order valence-corrected chi connectivity index (χ1v) is 7.31. The van der Waals surface area contributed by atoms with E-state index in [0.717, 1.165) is 55.8 Å². The highest BCUT2D eigenvalue weighted by atomic mass is 16.5. The standard InChI is InChI=1S/C15H22N4O/c1-4-12-13(9-16)15(18-17-14(12)5-2)19-8-6-7-11(10-19)20-3/h11H,4-8,10H2,1-3H3. The van der Waals surface area contributed by atoms with Crippen LogP contribution in [0.5, 0.6) is 0 Å².